The van der Waals surface area contributed by atoms with Gasteiger partial charge >= 0.3 is 5.97 Å². The Balaban J connectivity index is 2.08. The molecule has 0 fully saturated rings. The van der Waals surface area contributed by atoms with Crippen molar-refractivity contribution in [2.24, 2.45) is 5.92 Å². The number of anilines is 1. The van der Waals surface area contributed by atoms with Gasteiger partial charge < -0.3 is 15.4 Å². The molecule has 0 radical (unpaired) electrons. The number of hydrogen-bond acceptors (Lipinski definition) is 6. The van der Waals surface area contributed by atoms with E-state index in [9.17, 15) is 14.4 Å². The van der Waals surface area contributed by atoms with E-state index < -0.39 is 23.7 Å². The first-order valence-electron chi connectivity index (χ1n) is 7.79. The van der Waals surface area contributed by atoms with Gasteiger partial charge in [-0.15, -0.1) is 0 Å². The second-order valence-corrected chi connectivity index (χ2v) is 5.87. The van der Waals surface area contributed by atoms with Crippen molar-refractivity contribution in [3.05, 3.63) is 36.2 Å². The summed E-state index contributed by atoms with van der Waals surface area (Å²) in [6.07, 6.45) is 4.57. The Bertz CT molecular complexity index is 1030. The Morgan fingerprint density at radius 2 is 2.23 bits per heavy atom. The van der Waals surface area contributed by atoms with Crippen LogP contribution in [0.4, 0.5) is 10.2 Å². The summed E-state index contributed by atoms with van der Waals surface area (Å²) >= 11 is 0. The van der Waals surface area contributed by atoms with Crippen LogP contribution in [0.3, 0.4) is 0 Å². The van der Waals surface area contributed by atoms with Gasteiger partial charge in [-0.3, -0.25) is 4.79 Å². The number of halogens is 1. The molecule has 9 heteroatoms. The van der Waals surface area contributed by atoms with Crippen LogP contribution in [0.1, 0.15) is 19.4 Å². The van der Waals surface area contributed by atoms with Crippen LogP contribution in [0.2, 0.25) is 0 Å². The largest absolute Gasteiger partial charge is 0.481 e. The molecule has 3 aromatic rings. The predicted octanol–water partition coefficient (Wildman–Crippen LogP) is 2.55. The summed E-state index contributed by atoms with van der Waals surface area (Å²) in [7, 11) is 0. The summed E-state index contributed by atoms with van der Waals surface area (Å²) in [5, 5.41) is 21.9. The molecule has 3 heterocycles. The van der Waals surface area contributed by atoms with Crippen LogP contribution < -0.4 is 5.32 Å². The molecule has 0 saturated carbocycles. The molecule has 0 amide bonds. The summed E-state index contributed by atoms with van der Waals surface area (Å²) in [6.45, 7) is 3.14. The minimum Gasteiger partial charge on any atom is -0.481 e. The van der Waals surface area contributed by atoms with Crippen LogP contribution in [-0.2, 0) is 4.79 Å². The fraction of sp³-hybridized carbons (Fsp3) is 0.235. The van der Waals surface area contributed by atoms with Crippen LogP contribution in [0.25, 0.3) is 22.3 Å². The van der Waals surface area contributed by atoms with Gasteiger partial charge in [0.05, 0.1) is 17.2 Å². The van der Waals surface area contributed by atoms with Gasteiger partial charge in [0.2, 0.25) is 0 Å². The third kappa shape index (κ3) is 3.04. The quantitative estimate of drug-likeness (QED) is 0.642. The van der Waals surface area contributed by atoms with Crippen molar-refractivity contribution in [2.45, 2.75) is 19.9 Å². The number of fused-ring (bicyclic) bond motifs is 1. The van der Waals surface area contributed by atoms with E-state index in [1.807, 2.05) is 6.07 Å². The van der Waals surface area contributed by atoms with Gasteiger partial charge in [0.1, 0.15) is 18.0 Å². The number of carboxylic acids is 1. The van der Waals surface area contributed by atoms with E-state index in [-0.39, 0.29) is 17.1 Å². The number of aromatic nitrogens is 4. The summed E-state index contributed by atoms with van der Waals surface area (Å²) in [6, 6.07) is 2.44. The first-order valence-corrected chi connectivity index (χ1v) is 7.79. The molecule has 3 aromatic heterocycles. The number of pyridine rings is 1. The highest BCUT2D eigenvalue weighted by Gasteiger charge is 2.22. The molecule has 3 N–H and O–H groups in total. The predicted molar refractivity (Wildman–Crippen MR) is 91.7 cm³/mol. The number of hydrogen-bond donors (Lipinski definition) is 3. The molecule has 0 saturated heterocycles. The molecular weight excluding hydrogens is 339 g/mol. The zero-order valence-corrected chi connectivity index (χ0v) is 14.0. The van der Waals surface area contributed by atoms with E-state index in [0.717, 1.165) is 6.07 Å². The number of aromatic amines is 1. The van der Waals surface area contributed by atoms with Crippen molar-refractivity contribution in [2.75, 3.05) is 5.32 Å². The van der Waals surface area contributed by atoms with Gasteiger partial charge in [0.15, 0.2) is 11.6 Å². The maximum atomic E-state index is 14.3. The molecule has 3 rings (SSSR count). The SMILES string of the molecule is C[C@H](Nc1nc(-c2c[nH]c3ncncc23)c(C#N)cc1F)[C@H](C)C(=O)O. The van der Waals surface area contributed by atoms with E-state index in [1.54, 1.807) is 19.3 Å². The minimum absolute atomic E-state index is 0.0525. The molecule has 0 aliphatic heterocycles. The average Bonchev–Trinajstić information content (AvgIpc) is 3.06. The van der Waals surface area contributed by atoms with E-state index in [2.05, 4.69) is 25.3 Å². The van der Waals surface area contributed by atoms with E-state index in [0.29, 0.717) is 16.6 Å². The zero-order valence-electron chi connectivity index (χ0n) is 14.0. The number of aliphatic carboxylic acids is 1. The Morgan fingerprint density at radius 3 is 2.92 bits per heavy atom. The Kier molecular flexibility index (Phi) is 4.49. The van der Waals surface area contributed by atoms with Gasteiger partial charge in [-0.1, -0.05) is 0 Å². The molecule has 26 heavy (non-hydrogen) atoms. The lowest BCUT2D eigenvalue weighted by molar-refractivity contribution is -0.141. The third-order valence-corrected chi connectivity index (χ3v) is 4.21. The maximum absolute atomic E-state index is 14.3. The lowest BCUT2D eigenvalue weighted by atomic mass is 10.0. The minimum atomic E-state index is -1.01. The van der Waals surface area contributed by atoms with E-state index in [1.165, 1.54) is 13.3 Å². The third-order valence-electron chi connectivity index (χ3n) is 4.21. The summed E-state index contributed by atoms with van der Waals surface area (Å²) < 4.78 is 14.3. The Morgan fingerprint density at radius 1 is 1.46 bits per heavy atom. The monoisotopic (exact) mass is 354 g/mol. The van der Waals surface area contributed by atoms with Gasteiger partial charge in [0, 0.05) is 29.4 Å². The van der Waals surface area contributed by atoms with Crippen LogP contribution in [0, 0.1) is 23.1 Å². The van der Waals surface area contributed by atoms with Crippen molar-refractivity contribution in [1.29, 1.82) is 5.26 Å². The van der Waals surface area contributed by atoms with Crippen LogP contribution >= 0.6 is 0 Å². The van der Waals surface area contributed by atoms with Gasteiger partial charge in [-0.05, 0) is 19.9 Å². The zero-order chi connectivity index (χ0) is 18.8. The lowest BCUT2D eigenvalue weighted by Crippen LogP contribution is -2.30. The van der Waals surface area contributed by atoms with Crippen LogP contribution in [0.15, 0.2) is 24.8 Å². The fourth-order valence-corrected chi connectivity index (χ4v) is 2.49. The number of nitrogens with one attached hydrogen (secondary N) is 2. The maximum Gasteiger partial charge on any atom is 0.308 e. The van der Waals surface area contributed by atoms with Crippen molar-refractivity contribution >= 4 is 22.8 Å². The van der Waals surface area contributed by atoms with E-state index in [4.69, 9.17) is 5.11 Å². The van der Waals surface area contributed by atoms with Crippen molar-refractivity contribution in [3.8, 4) is 17.3 Å². The molecule has 0 spiro atoms. The molecule has 0 unspecified atom stereocenters. The number of nitrogens with zero attached hydrogens (tertiary/aromatic N) is 4. The molecule has 2 atom stereocenters. The Labute approximate surface area is 147 Å². The standard InChI is InChI=1S/C17H15FN6O2/c1-8(17(25)26)9(2)23-16-13(18)3-10(4-19)14(24-16)11-6-21-15-12(11)5-20-7-22-15/h3,5-9H,1-2H3,(H,23,24)(H,25,26)(H,20,21,22)/t8-,9-/m0/s1. The number of nitriles is 1. The number of H-pyrrole nitrogens is 1. The highest BCUT2D eigenvalue weighted by Crippen LogP contribution is 2.30. The van der Waals surface area contributed by atoms with Crippen LogP contribution in [-0.4, -0.2) is 37.1 Å². The molecule has 8 nitrogen and oxygen atoms in total. The van der Waals surface area contributed by atoms with Gasteiger partial charge in [-0.25, -0.2) is 19.3 Å². The highest BCUT2D eigenvalue weighted by atomic mass is 19.1. The van der Waals surface area contributed by atoms with Gasteiger partial charge in [0.25, 0.3) is 0 Å². The van der Waals surface area contributed by atoms with Crippen molar-refractivity contribution < 1.29 is 14.3 Å². The van der Waals surface area contributed by atoms with Gasteiger partial charge in [-0.2, -0.15) is 5.26 Å². The van der Waals surface area contributed by atoms with Crippen molar-refractivity contribution in [3.63, 3.8) is 0 Å². The number of rotatable bonds is 5. The molecule has 132 valence electrons. The van der Waals surface area contributed by atoms with Crippen molar-refractivity contribution in [1.82, 2.24) is 19.9 Å². The highest BCUT2D eigenvalue weighted by molar-refractivity contribution is 5.93. The molecular formula is C17H15FN6O2. The average molecular weight is 354 g/mol. The molecule has 0 aliphatic rings. The topological polar surface area (TPSA) is 128 Å². The summed E-state index contributed by atoms with van der Waals surface area (Å²) in [5.41, 5.74) is 1.43. The second kappa shape index (κ2) is 6.76. The molecule has 0 aromatic carbocycles. The second-order valence-electron chi connectivity index (χ2n) is 5.87. The smallest absolute Gasteiger partial charge is 0.308 e. The normalized spacial score (nSPS) is 13.2. The first-order chi connectivity index (χ1) is 12.4. The fourth-order valence-electron chi connectivity index (χ4n) is 2.49. The number of carboxylic acid groups (broad SMARTS) is 1. The van der Waals surface area contributed by atoms with E-state index >= 15 is 0 Å². The molecule has 0 aliphatic carbocycles. The lowest BCUT2D eigenvalue weighted by Gasteiger charge is -2.19. The summed E-state index contributed by atoms with van der Waals surface area (Å²) in [4.78, 5) is 26.3. The molecule has 0 bridgehead atoms. The Hall–Kier alpha value is -3.54. The first kappa shape index (κ1) is 17.3. The summed E-state index contributed by atoms with van der Waals surface area (Å²) in [5.74, 6) is -2.61. The number of carbonyl (C=O) groups is 1. The van der Waals surface area contributed by atoms with Crippen LogP contribution in [0.5, 0.6) is 0 Å².